The van der Waals surface area contributed by atoms with E-state index in [9.17, 15) is 4.79 Å². The van der Waals surface area contributed by atoms with Gasteiger partial charge in [0.15, 0.2) is 5.65 Å². The first-order chi connectivity index (χ1) is 12.7. The monoisotopic (exact) mass is 343 g/mol. The molecule has 0 unspecified atom stereocenters. The summed E-state index contributed by atoms with van der Waals surface area (Å²) in [5, 5.41) is 8.92. The van der Waals surface area contributed by atoms with Crippen LogP contribution >= 0.6 is 0 Å². The van der Waals surface area contributed by atoms with Gasteiger partial charge in [0.25, 0.3) is 0 Å². The number of imidazole rings is 1. The Hall–Kier alpha value is -3.92. The topological polar surface area (TPSA) is 96.6 Å². The lowest BCUT2D eigenvalue weighted by Crippen LogP contribution is -2.15. The Morgan fingerprint density at radius 3 is 2.81 bits per heavy atom. The van der Waals surface area contributed by atoms with Crippen LogP contribution in [0.1, 0.15) is 11.1 Å². The van der Waals surface area contributed by atoms with Crippen molar-refractivity contribution in [2.75, 3.05) is 0 Å². The van der Waals surface area contributed by atoms with E-state index in [1.54, 1.807) is 54.9 Å². The molecule has 0 bridgehead atoms. The van der Waals surface area contributed by atoms with Gasteiger partial charge in [-0.3, -0.25) is 0 Å². The van der Waals surface area contributed by atoms with Gasteiger partial charge in [-0.05, 0) is 48.9 Å². The normalized spacial score (nSPS) is 10.6. The summed E-state index contributed by atoms with van der Waals surface area (Å²) in [6.07, 6.45) is 3.18. The number of nitriles is 1. The highest BCUT2D eigenvalue weighted by molar-refractivity contribution is 5.72. The van der Waals surface area contributed by atoms with Crippen LogP contribution < -0.4 is 10.4 Å². The fourth-order valence-electron chi connectivity index (χ4n) is 2.69. The molecule has 3 aromatic heterocycles. The van der Waals surface area contributed by atoms with Gasteiger partial charge in [-0.1, -0.05) is 0 Å². The molecule has 3 heterocycles. The fraction of sp³-hybridized carbons (Fsp3) is 0.0526. The lowest BCUT2D eigenvalue weighted by atomic mass is 10.1. The molecular formula is C19H13N5O2. The van der Waals surface area contributed by atoms with Crippen molar-refractivity contribution in [2.24, 2.45) is 0 Å². The average Bonchev–Trinajstić information content (AvgIpc) is 3.00. The Balaban J connectivity index is 1.66. The van der Waals surface area contributed by atoms with Crippen molar-refractivity contribution >= 4 is 11.2 Å². The predicted octanol–water partition coefficient (Wildman–Crippen LogP) is 3.08. The highest BCUT2D eigenvalue weighted by Gasteiger charge is 2.10. The summed E-state index contributed by atoms with van der Waals surface area (Å²) in [6, 6.07) is 14.2. The van der Waals surface area contributed by atoms with Gasteiger partial charge in [-0.25, -0.2) is 19.3 Å². The zero-order chi connectivity index (χ0) is 18.1. The molecule has 7 heteroatoms. The van der Waals surface area contributed by atoms with Crippen LogP contribution in [0.4, 0.5) is 0 Å². The molecule has 1 aromatic carbocycles. The van der Waals surface area contributed by atoms with Gasteiger partial charge in [0.05, 0.1) is 29.0 Å². The van der Waals surface area contributed by atoms with Crippen molar-refractivity contribution in [1.29, 1.82) is 5.26 Å². The molecule has 0 saturated carbocycles. The van der Waals surface area contributed by atoms with Gasteiger partial charge in [0.1, 0.15) is 5.75 Å². The summed E-state index contributed by atoms with van der Waals surface area (Å²) >= 11 is 0. The van der Waals surface area contributed by atoms with Gasteiger partial charge in [0, 0.05) is 12.3 Å². The minimum Gasteiger partial charge on any atom is -0.439 e. The van der Waals surface area contributed by atoms with Gasteiger partial charge in [0.2, 0.25) is 5.88 Å². The van der Waals surface area contributed by atoms with Crippen molar-refractivity contribution in [1.82, 2.24) is 19.5 Å². The Morgan fingerprint density at radius 1 is 1.19 bits per heavy atom. The number of nitrogens with zero attached hydrogens (tertiary/aromatic N) is 4. The maximum Gasteiger partial charge on any atom is 0.332 e. The molecule has 126 valence electrons. The highest BCUT2D eigenvalue weighted by atomic mass is 16.5. The van der Waals surface area contributed by atoms with Gasteiger partial charge < -0.3 is 9.72 Å². The lowest BCUT2D eigenvalue weighted by Gasteiger charge is -2.09. The Bertz CT molecular complexity index is 1200. The first-order valence-corrected chi connectivity index (χ1v) is 7.86. The van der Waals surface area contributed by atoms with Crippen LogP contribution in [0.5, 0.6) is 11.6 Å². The van der Waals surface area contributed by atoms with E-state index < -0.39 is 0 Å². The van der Waals surface area contributed by atoms with Crippen LogP contribution in [0.2, 0.25) is 0 Å². The van der Waals surface area contributed by atoms with Crippen LogP contribution in [-0.4, -0.2) is 19.5 Å². The van der Waals surface area contributed by atoms with E-state index in [1.165, 1.54) is 4.57 Å². The number of fused-ring (bicyclic) bond motifs is 1. The van der Waals surface area contributed by atoms with Gasteiger partial charge in [-0.2, -0.15) is 5.26 Å². The van der Waals surface area contributed by atoms with Crippen LogP contribution in [-0.2, 0) is 0 Å². The third kappa shape index (κ3) is 2.70. The van der Waals surface area contributed by atoms with Gasteiger partial charge in [-0.15, -0.1) is 0 Å². The van der Waals surface area contributed by atoms with E-state index in [4.69, 9.17) is 10.00 Å². The number of aromatic amines is 1. The maximum atomic E-state index is 12.2. The predicted molar refractivity (Wildman–Crippen MR) is 95.5 cm³/mol. The lowest BCUT2D eigenvalue weighted by molar-refractivity contribution is 0.459. The van der Waals surface area contributed by atoms with E-state index >= 15 is 0 Å². The molecule has 0 spiro atoms. The van der Waals surface area contributed by atoms with E-state index in [0.717, 1.165) is 5.56 Å². The number of H-pyrrole nitrogens is 1. The molecule has 4 aromatic rings. The standard InChI is InChI=1S/C19H13N5O2/c1-12-9-13(10-20)4-6-16(12)26-17-7-5-14(11-22-17)24-18-15(23-19(24)25)3-2-8-21-18/h2-9,11H,1H3,(H,23,25). The van der Waals surface area contributed by atoms with Crippen molar-refractivity contribution in [2.45, 2.75) is 6.92 Å². The number of aromatic nitrogens is 4. The molecule has 0 aliphatic carbocycles. The molecule has 0 aliphatic rings. The summed E-state index contributed by atoms with van der Waals surface area (Å²) < 4.78 is 7.22. The van der Waals surface area contributed by atoms with Crippen LogP contribution in [0.15, 0.2) is 59.7 Å². The molecule has 0 aliphatic heterocycles. The summed E-state index contributed by atoms with van der Waals surface area (Å²) in [7, 11) is 0. The summed E-state index contributed by atoms with van der Waals surface area (Å²) in [6.45, 7) is 1.86. The first kappa shape index (κ1) is 15.6. The van der Waals surface area contributed by atoms with E-state index in [0.29, 0.717) is 34.0 Å². The Morgan fingerprint density at radius 2 is 2.08 bits per heavy atom. The number of hydrogen-bond donors (Lipinski definition) is 1. The third-order valence-corrected chi connectivity index (χ3v) is 3.94. The van der Waals surface area contributed by atoms with Crippen molar-refractivity contribution in [3.8, 4) is 23.4 Å². The maximum absolute atomic E-state index is 12.2. The molecule has 7 nitrogen and oxygen atoms in total. The summed E-state index contributed by atoms with van der Waals surface area (Å²) in [5.41, 5.74) is 2.92. The van der Waals surface area contributed by atoms with E-state index in [1.807, 2.05) is 6.92 Å². The second-order valence-electron chi connectivity index (χ2n) is 5.69. The SMILES string of the molecule is Cc1cc(C#N)ccc1Oc1ccc(-n2c(=O)[nH]c3cccnc32)cn1. The fourth-order valence-corrected chi connectivity index (χ4v) is 2.69. The van der Waals surface area contributed by atoms with E-state index in [-0.39, 0.29) is 5.69 Å². The quantitative estimate of drug-likeness (QED) is 0.616. The molecule has 0 radical (unpaired) electrons. The number of pyridine rings is 2. The second-order valence-corrected chi connectivity index (χ2v) is 5.69. The van der Waals surface area contributed by atoms with Gasteiger partial charge >= 0.3 is 5.69 Å². The highest BCUT2D eigenvalue weighted by Crippen LogP contribution is 2.25. The minimum absolute atomic E-state index is 0.280. The number of ether oxygens (including phenoxy) is 1. The summed E-state index contributed by atoms with van der Waals surface area (Å²) in [5.74, 6) is 1.01. The third-order valence-electron chi connectivity index (χ3n) is 3.94. The first-order valence-electron chi connectivity index (χ1n) is 7.86. The van der Waals surface area contributed by atoms with Crippen molar-refractivity contribution < 1.29 is 4.74 Å². The second kappa shape index (κ2) is 6.18. The molecule has 1 N–H and O–H groups in total. The van der Waals surface area contributed by atoms with Crippen molar-refractivity contribution in [3.05, 3.63) is 76.5 Å². The zero-order valence-electron chi connectivity index (χ0n) is 13.8. The number of rotatable bonds is 3. The molecular weight excluding hydrogens is 330 g/mol. The Kier molecular flexibility index (Phi) is 3.71. The van der Waals surface area contributed by atoms with Crippen LogP contribution in [0.3, 0.4) is 0 Å². The van der Waals surface area contributed by atoms with E-state index in [2.05, 4.69) is 21.0 Å². The average molecular weight is 343 g/mol. The molecule has 0 atom stereocenters. The molecule has 4 rings (SSSR count). The number of nitrogens with one attached hydrogen (secondary N) is 1. The molecule has 0 fully saturated rings. The number of aryl methyl sites for hydroxylation is 1. The largest absolute Gasteiger partial charge is 0.439 e. The minimum atomic E-state index is -0.280. The number of hydrogen-bond acceptors (Lipinski definition) is 5. The smallest absolute Gasteiger partial charge is 0.332 e. The van der Waals surface area contributed by atoms with Crippen LogP contribution in [0, 0.1) is 18.3 Å². The molecule has 26 heavy (non-hydrogen) atoms. The Labute approximate surface area is 148 Å². The zero-order valence-corrected chi connectivity index (χ0v) is 13.8. The van der Waals surface area contributed by atoms with Crippen molar-refractivity contribution in [3.63, 3.8) is 0 Å². The number of benzene rings is 1. The van der Waals surface area contributed by atoms with Crippen LogP contribution in [0.25, 0.3) is 16.9 Å². The molecule has 0 saturated heterocycles. The summed E-state index contributed by atoms with van der Waals surface area (Å²) in [4.78, 5) is 23.5. The molecule has 0 amide bonds.